The molecule has 0 unspecified atom stereocenters. The number of carbonyl (C=O) groups is 1. The number of halogens is 1. The molecule has 0 aliphatic carbocycles. The van der Waals surface area contributed by atoms with Crippen LogP contribution in [0.15, 0.2) is 48.0 Å². The third-order valence-corrected chi connectivity index (χ3v) is 6.02. The monoisotopic (exact) mass is 400 g/mol. The summed E-state index contributed by atoms with van der Waals surface area (Å²) in [6, 6.07) is 5.30. The van der Waals surface area contributed by atoms with Gasteiger partial charge < -0.3 is 9.88 Å². The third kappa shape index (κ3) is 3.35. The average molecular weight is 400 g/mol. The minimum absolute atomic E-state index is 0.0428. The number of anilines is 1. The fraction of sp³-hybridized carbons (Fsp3) is 0.158. The topological polar surface area (TPSA) is 104 Å². The molecule has 144 valence electrons. The molecule has 0 bridgehead atoms. The van der Waals surface area contributed by atoms with Gasteiger partial charge in [-0.3, -0.25) is 4.79 Å². The molecule has 1 aromatic carbocycles. The van der Waals surface area contributed by atoms with Gasteiger partial charge in [0.1, 0.15) is 22.5 Å². The average Bonchev–Trinajstić information content (AvgIpc) is 2.94. The predicted octanol–water partition coefficient (Wildman–Crippen LogP) is 2.54. The lowest BCUT2D eigenvalue weighted by molar-refractivity contribution is 0.101. The summed E-state index contributed by atoms with van der Waals surface area (Å²) in [6.45, 7) is 5.29. The van der Waals surface area contributed by atoms with Crippen molar-refractivity contribution in [3.8, 4) is 6.07 Å². The van der Waals surface area contributed by atoms with Gasteiger partial charge in [0.15, 0.2) is 0 Å². The lowest BCUT2D eigenvalue weighted by Gasteiger charge is -2.21. The van der Waals surface area contributed by atoms with Gasteiger partial charge in [-0.2, -0.15) is 9.98 Å². The second-order valence-electron chi connectivity index (χ2n) is 6.55. The largest absolute Gasteiger partial charge is 0.345 e. The number of nitrogens with one attached hydrogen (secondary N) is 2. The van der Waals surface area contributed by atoms with Gasteiger partial charge in [-0.1, -0.05) is 18.2 Å². The van der Waals surface area contributed by atoms with Gasteiger partial charge in [0.25, 0.3) is 5.91 Å². The zero-order chi connectivity index (χ0) is 20.7. The fourth-order valence-electron chi connectivity index (χ4n) is 2.90. The van der Waals surface area contributed by atoms with Crippen LogP contribution in [0, 0.1) is 17.1 Å². The lowest BCUT2D eigenvalue weighted by atomic mass is 10.0. The lowest BCUT2D eigenvalue weighted by Crippen LogP contribution is -2.41. The smallest absolute Gasteiger partial charge is 0.272 e. The van der Waals surface area contributed by atoms with Crippen molar-refractivity contribution >= 4 is 27.7 Å². The molecule has 7 nitrogen and oxygen atoms in total. The van der Waals surface area contributed by atoms with Crippen LogP contribution in [0.25, 0.3) is 6.08 Å². The molecule has 2 N–H and O–H groups in total. The molecule has 3 rings (SSSR count). The van der Waals surface area contributed by atoms with E-state index >= 15 is 0 Å². The highest BCUT2D eigenvalue weighted by Crippen LogP contribution is 2.30. The molecule has 9 heteroatoms. The molecule has 1 amide bonds. The Balaban J connectivity index is 2.07. The van der Waals surface area contributed by atoms with Gasteiger partial charge >= 0.3 is 0 Å². The van der Waals surface area contributed by atoms with Crippen molar-refractivity contribution in [3.63, 3.8) is 0 Å². The number of aryl methyl sites for hydroxylation is 1. The van der Waals surface area contributed by atoms with Gasteiger partial charge in [-0.15, -0.1) is 6.58 Å². The second kappa shape index (κ2) is 6.74. The van der Waals surface area contributed by atoms with Crippen LogP contribution in [0.1, 0.15) is 28.5 Å². The highest BCUT2D eigenvalue weighted by Gasteiger charge is 2.34. The Morgan fingerprint density at radius 3 is 2.82 bits per heavy atom. The molecular formula is C19H17FN4O3S. The Bertz CT molecular complexity index is 1170. The van der Waals surface area contributed by atoms with E-state index in [1.807, 2.05) is 0 Å². The molecule has 0 radical (unpaired) electrons. The summed E-state index contributed by atoms with van der Waals surface area (Å²) in [5.41, 5.74) is -0.673. The van der Waals surface area contributed by atoms with Gasteiger partial charge in [-0.05, 0) is 25.1 Å². The Kier molecular flexibility index (Phi) is 4.71. The Hall–Kier alpha value is -3.22. The number of hydrogen-bond acceptors (Lipinski definition) is 4. The van der Waals surface area contributed by atoms with Gasteiger partial charge in [0.2, 0.25) is 10.0 Å². The van der Waals surface area contributed by atoms with E-state index in [-0.39, 0.29) is 27.4 Å². The van der Waals surface area contributed by atoms with Gasteiger partial charge in [-0.25, -0.2) is 12.8 Å². The SMILES string of the molecule is C=C[C@]1(C)C=Cc2c(cn(C)c2C(=O)Nc2ccc(F)c(C#N)c2)S(=O)(=O)N1. The van der Waals surface area contributed by atoms with Crippen molar-refractivity contribution in [1.29, 1.82) is 5.26 Å². The summed E-state index contributed by atoms with van der Waals surface area (Å²) < 4.78 is 42.8. The van der Waals surface area contributed by atoms with Crippen molar-refractivity contribution in [2.24, 2.45) is 7.05 Å². The molecule has 0 saturated heterocycles. The van der Waals surface area contributed by atoms with Crippen LogP contribution in [0.3, 0.4) is 0 Å². The number of hydrogen-bond donors (Lipinski definition) is 2. The highest BCUT2D eigenvalue weighted by molar-refractivity contribution is 7.89. The third-order valence-electron chi connectivity index (χ3n) is 4.41. The summed E-state index contributed by atoms with van der Waals surface area (Å²) in [6.07, 6.45) is 5.95. The summed E-state index contributed by atoms with van der Waals surface area (Å²) in [4.78, 5) is 12.8. The Labute approximate surface area is 161 Å². The molecule has 2 aromatic rings. The van der Waals surface area contributed by atoms with Crippen LogP contribution in [-0.4, -0.2) is 24.4 Å². The van der Waals surface area contributed by atoms with E-state index in [2.05, 4.69) is 16.6 Å². The molecule has 0 spiro atoms. The molecule has 1 atom stereocenters. The van der Waals surface area contributed by atoms with Crippen LogP contribution in [-0.2, 0) is 17.1 Å². The van der Waals surface area contributed by atoms with Crippen LogP contribution in [0.5, 0.6) is 0 Å². The first-order valence-electron chi connectivity index (χ1n) is 8.17. The van der Waals surface area contributed by atoms with E-state index in [1.165, 1.54) is 29.0 Å². The standard InChI is InChI=1S/C19H17FN4O3S/c1-4-19(2)8-7-14-16(28(26,27)23-19)11-24(3)17(14)18(25)22-13-5-6-15(20)12(9-13)10-21/h4-9,11,23H,1H2,2-3H3,(H,22,25)/t19-/m1/s1. The summed E-state index contributed by atoms with van der Waals surface area (Å²) in [5, 5.41) is 11.5. The van der Waals surface area contributed by atoms with Crippen LogP contribution in [0.4, 0.5) is 10.1 Å². The second-order valence-corrected chi connectivity index (χ2v) is 8.20. The Morgan fingerprint density at radius 2 is 2.18 bits per heavy atom. The van der Waals surface area contributed by atoms with Crippen molar-refractivity contribution in [3.05, 3.63) is 65.8 Å². The zero-order valence-electron chi connectivity index (χ0n) is 15.2. The van der Waals surface area contributed by atoms with Gasteiger partial charge in [0, 0.05) is 24.5 Å². The number of fused-ring (bicyclic) bond motifs is 1. The molecule has 1 aromatic heterocycles. The number of carbonyl (C=O) groups excluding carboxylic acids is 1. The van der Waals surface area contributed by atoms with Crippen molar-refractivity contribution in [2.75, 3.05) is 5.32 Å². The summed E-state index contributed by atoms with van der Waals surface area (Å²) in [5.74, 6) is -1.29. The molecule has 0 saturated carbocycles. The van der Waals surface area contributed by atoms with E-state index in [0.717, 1.165) is 6.07 Å². The van der Waals surface area contributed by atoms with E-state index in [9.17, 15) is 17.6 Å². The van der Waals surface area contributed by atoms with Crippen LogP contribution in [0.2, 0.25) is 0 Å². The first-order chi connectivity index (χ1) is 13.1. The van der Waals surface area contributed by atoms with Crippen molar-refractivity contribution < 1.29 is 17.6 Å². The number of amides is 1. The highest BCUT2D eigenvalue weighted by atomic mass is 32.2. The molecule has 1 aliphatic heterocycles. The number of nitrogens with zero attached hydrogens (tertiary/aromatic N) is 2. The van der Waals surface area contributed by atoms with Crippen molar-refractivity contribution in [2.45, 2.75) is 17.4 Å². The summed E-state index contributed by atoms with van der Waals surface area (Å²) >= 11 is 0. The van der Waals surface area contributed by atoms with E-state index in [0.29, 0.717) is 0 Å². The molecule has 0 fully saturated rings. The van der Waals surface area contributed by atoms with Crippen LogP contribution < -0.4 is 10.0 Å². The maximum Gasteiger partial charge on any atom is 0.272 e. The van der Waals surface area contributed by atoms with Crippen molar-refractivity contribution in [1.82, 2.24) is 9.29 Å². The number of nitriles is 1. The van der Waals surface area contributed by atoms with E-state index in [4.69, 9.17) is 5.26 Å². The quantitative estimate of drug-likeness (QED) is 0.773. The first kappa shape index (κ1) is 19.5. The fourth-order valence-corrected chi connectivity index (χ4v) is 4.49. The maximum atomic E-state index is 13.5. The first-order valence-corrected chi connectivity index (χ1v) is 9.65. The number of sulfonamides is 1. The molecular weight excluding hydrogens is 383 g/mol. The molecule has 1 aliphatic rings. The minimum Gasteiger partial charge on any atom is -0.345 e. The molecule has 2 heterocycles. The zero-order valence-corrected chi connectivity index (χ0v) is 16.0. The number of aromatic nitrogens is 1. The van der Waals surface area contributed by atoms with Gasteiger partial charge in [0.05, 0.1) is 11.1 Å². The van der Waals surface area contributed by atoms with E-state index in [1.54, 1.807) is 32.2 Å². The summed E-state index contributed by atoms with van der Waals surface area (Å²) in [7, 11) is -2.35. The Morgan fingerprint density at radius 1 is 1.46 bits per heavy atom. The maximum absolute atomic E-state index is 13.5. The normalized spacial score (nSPS) is 19.9. The van der Waals surface area contributed by atoms with Crippen LogP contribution >= 0.6 is 0 Å². The minimum atomic E-state index is -3.90. The number of rotatable bonds is 3. The predicted molar refractivity (Wildman–Crippen MR) is 102 cm³/mol. The number of benzene rings is 1. The van der Waals surface area contributed by atoms with E-state index < -0.39 is 27.3 Å². The molecule has 28 heavy (non-hydrogen) atoms.